The van der Waals surface area contributed by atoms with E-state index in [-0.39, 0.29) is 6.10 Å². The van der Waals surface area contributed by atoms with E-state index in [0.717, 1.165) is 37.5 Å². The summed E-state index contributed by atoms with van der Waals surface area (Å²) in [5, 5.41) is 12.1. The number of nitrogens with zero attached hydrogens (tertiary/aromatic N) is 1. The van der Waals surface area contributed by atoms with E-state index in [1.54, 1.807) is 0 Å². The first-order valence-electron chi connectivity index (χ1n) is 8.74. The van der Waals surface area contributed by atoms with Crippen molar-refractivity contribution in [3.8, 4) is 0 Å². The number of aromatic nitrogens is 1. The van der Waals surface area contributed by atoms with Gasteiger partial charge in [0.1, 0.15) is 0 Å². The molecule has 4 rings (SSSR count). The molecule has 2 bridgehead atoms. The smallest absolute Gasteiger partial charge is 0.0944 e. The van der Waals surface area contributed by atoms with Gasteiger partial charge in [0, 0.05) is 36.2 Å². The topological polar surface area (TPSA) is 39.3 Å². The zero-order valence-corrected chi connectivity index (χ0v) is 13.4. The highest BCUT2D eigenvalue weighted by atomic mass is 16.3. The summed E-state index contributed by atoms with van der Waals surface area (Å²) in [5.74, 6) is 1.44. The number of nitrogens with one attached hydrogen (secondary N) is 1. The number of aliphatic hydroxyl groups is 1. The van der Waals surface area contributed by atoms with Crippen molar-refractivity contribution in [1.82, 2.24) is 9.88 Å². The van der Waals surface area contributed by atoms with Gasteiger partial charge in [0.25, 0.3) is 0 Å². The minimum atomic E-state index is -0.344. The Balaban J connectivity index is 1.72. The van der Waals surface area contributed by atoms with Gasteiger partial charge in [0.05, 0.1) is 6.10 Å². The van der Waals surface area contributed by atoms with Crippen molar-refractivity contribution in [3.05, 3.63) is 35.5 Å². The van der Waals surface area contributed by atoms with Gasteiger partial charge in [-0.3, -0.25) is 0 Å². The summed E-state index contributed by atoms with van der Waals surface area (Å²) >= 11 is 0. The van der Waals surface area contributed by atoms with Crippen LogP contribution in [-0.2, 0) is 6.42 Å². The van der Waals surface area contributed by atoms with Gasteiger partial charge < -0.3 is 15.0 Å². The number of fused-ring (bicyclic) bond motifs is 5. The lowest BCUT2D eigenvalue weighted by Crippen LogP contribution is -2.41. The number of H-pyrrole nitrogens is 1. The van der Waals surface area contributed by atoms with E-state index in [1.165, 1.54) is 35.9 Å². The molecule has 3 nitrogen and oxygen atoms in total. The maximum Gasteiger partial charge on any atom is 0.0944 e. The standard InChI is InChI=1S/C19H26N2O/c1-2-13-9-14-10-18(22)19-16(7-8-21(11-13)12-14)15-5-3-4-6-17(15)20-19/h3-6,13-14,18,20,22H,2,7-12H2,1H3/t13?,14-,18+/m1/s1. The molecule has 3 heterocycles. The van der Waals surface area contributed by atoms with Crippen LogP contribution in [0.4, 0.5) is 0 Å². The molecule has 0 aliphatic carbocycles. The maximum absolute atomic E-state index is 10.8. The molecule has 118 valence electrons. The van der Waals surface area contributed by atoms with Crippen molar-refractivity contribution in [2.24, 2.45) is 11.8 Å². The molecule has 0 saturated carbocycles. The van der Waals surface area contributed by atoms with Crippen LogP contribution in [0.3, 0.4) is 0 Å². The van der Waals surface area contributed by atoms with Crippen LogP contribution in [0.15, 0.2) is 24.3 Å². The van der Waals surface area contributed by atoms with Crippen LogP contribution in [0.2, 0.25) is 0 Å². The number of rotatable bonds is 1. The first-order valence-corrected chi connectivity index (χ1v) is 8.74. The molecule has 4 atom stereocenters. The Morgan fingerprint density at radius 1 is 1.23 bits per heavy atom. The Hall–Kier alpha value is -1.32. The van der Waals surface area contributed by atoms with Gasteiger partial charge in [-0.15, -0.1) is 0 Å². The van der Waals surface area contributed by atoms with Crippen LogP contribution in [0.25, 0.3) is 10.9 Å². The molecular formula is C19H26N2O. The first-order chi connectivity index (χ1) is 10.7. The Labute approximate surface area is 132 Å². The Morgan fingerprint density at radius 2 is 2.09 bits per heavy atom. The molecule has 2 aliphatic heterocycles. The number of hydrogen-bond donors (Lipinski definition) is 2. The summed E-state index contributed by atoms with van der Waals surface area (Å²) in [5.41, 5.74) is 3.57. The molecule has 2 N–H and O–H groups in total. The van der Waals surface area contributed by atoms with Crippen molar-refractivity contribution < 1.29 is 5.11 Å². The second kappa shape index (κ2) is 5.71. The molecule has 2 unspecified atom stereocenters. The van der Waals surface area contributed by atoms with Gasteiger partial charge in [-0.25, -0.2) is 0 Å². The number of aliphatic hydroxyl groups excluding tert-OH is 1. The minimum Gasteiger partial charge on any atom is -0.387 e. The third-order valence-electron chi connectivity index (χ3n) is 5.69. The maximum atomic E-state index is 10.8. The molecule has 3 heteroatoms. The van der Waals surface area contributed by atoms with Gasteiger partial charge in [-0.05, 0) is 42.7 Å². The lowest BCUT2D eigenvalue weighted by molar-refractivity contribution is 0.0781. The molecule has 0 spiro atoms. The fraction of sp³-hybridized carbons (Fsp3) is 0.579. The van der Waals surface area contributed by atoms with Gasteiger partial charge >= 0.3 is 0 Å². The van der Waals surface area contributed by atoms with Crippen LogP contribution in [0.5, 0.6) is 0 Å². The number of para-hydroxylation sites is 1. The average molecular weight is 298 g/mol. The average Bonchev–Trinajstić information content (AvgIpc) is 2.92. The lowest BCUT2D eigenvalue weighted by atomic mass is 9.84. The molecule has 0 amide bonds. The summed E-state index contributed by atoms with van der Waals surface area (Å²) in [6.45, 7) is 5.82. The molecule has 2 aliphatic rings. The molecule has 1 fully saturated rings. The Bertz CT molecular complexity index is 662. The van der Waals surface area contributed by atoms with E-state index in [0.29, 0.717) is 5.92 Å². The minimum absolute atomic E-state index is 0.344. The quantitative estimate of drug-likeness (QED) is 0.846. The zero-order valence-electron chi connectivity index (χ0n) is 13.4. The van der Waals surface area contributed by atoms with Crippen molar-refractivity contribution >= 4 is 10.9 Å². The van der Waals surface area contributed by atoms with E-state index in [4.69, 9.17) is 0 Å². The number of hydrogen-bond acceptors (Lipinski definition) is 2. The predicted octanol–water partition coefficient (Wildman–Crippen LogP) is 3.50. The summed E-state index contributed by atoms with van der Waals surface area (Å²) in [6, 6.07) is 8.47. The highest BCUT2D eigenvalue weighted by molar-refractivity contribution is 5.84. The summed E-state index contributed by atoms with van der Waals surface area (Å²) < 4.78 is 0. The van der Waals surface area contributed by atoms with Crippen molar-refractivity contribution in [3.63, 3.8) is 0 Å². The third-order valence-corrected chi connectivity index (χ3v) is 5.69. The van der Waals surface area contributed by atoms with Gasteiger partial charge in [0.15, 0.2) is 0 Å². The molecule has 1 saturated heterocycles. The summed E-state index contributed by atoms with van der Waals surface area (Å²) in [6.07, 6.45) is 4.13. The normalized spacial score (nSPS) is 32.1. The molecular weight excluding hydrogens is 272 g/mol. The molecule has 22 heavy (non-hydrogen) atoms. The van der Waals surface area contributed by atoms with Crippen LogP contribution in [-0.4, -0.2) is 34.6 Å². The first kappa shape index (κ1) is 14.3. The van der Waals surface area contributed by atoms with E-state index in [2.05, 4.69) is 41.1 Å². The van der Waals surface area contributed by atoms with Gasteiger partial charge in [-0.1, -0.05) is 31.5 Å². The number of aromatic amines is 1. The predicted molar refractivity (Wildman–Crippen MR) is 89.9 cm³/mol. The van der Waals surface area contributed by atoms with E-state index in [9.17, 15) is 5.11 Å². The highest BCUT2D eigenvalue weighted by Gasteiger charge is 2.31. The molecule has 1 aromatic heterocycles. The monoisotopic (exact) mass is 298 g/mol. The van der Waals surface area contributed by atoms with Gasteiger partial charge in [0.2, 0.25) is 0 Å². The van der Waals surface area contributed by atoms with Crippen molar-refractivity contribution in [2.45, 2.75) is 38.7 Å². The van der Waals surface area contributed by atoms with E-state index >= 15 is 0 Å². The van der Waals surface area contributed by atoms with Crippen molar-refractivity contribution in [2.75, 3.05) is 19.6 Å². The lowest BCUT2D eigenvalue weighted by Gasteiger charge is -2.37. The Kier molecular flexibility index (Phi) is 3.71. The summed E-state index contributed by atoms with van der Waals surface area (Å²) in [4.78, 5) is 6.13. The zero-order chi connectivity index (χ0) is 15.1. The van der Waals surface area contributed by atoms with E-state index < -0.39 is 0 Å². The molecule has 2 aromatic rings. The van der Waals surface area contributed by atoms with Crippen LogP contribution < -0.4 is 0 Å². The van der Waals surface area contributed by atoms with Gasteiger partial charge in [-0.2, -0.15) is 0 Å². The second-order valence-electron chi connectivity index (χ2n) is 7.20. The SMILES string of the molecule is CCC1C[C@@H]2C[C@H](O)c3[nH]c4ccccc4c3CCN(C1)C2. The van der Waals surface area contributed by atoms with Crippen LogP contribution in [0, 0.1) is 11.8 Å². The summed E-state index contributed by atoms with van der Waals surface area (Å²) in [7, 11) is 0. The fourth-order valence-corrected chi connectivity index (χ4v) is 4.55. The van der Waals surface area contributed by atoms with Crippen LogP contribution >= 0.6 is 0 Å². The second-order valence-corrected chi connectivity index (χ2v) is 7.20. The fourth-order valence-electron chi connectivity index (χ4n) is 4.55. The third kappa shape index (κ3) is 2.46. The number of benzene rings is 1. The van der Waals surface area contributed by atoms with E-state index in [1.807, 2.05) is 0 Å². The molecule has 0 radical (unpaired) electrons. The number of piperidine rings is 1. The van der Waals surface area contributed by atoms with Crippen molar-refractivity contribution in [1.29, 1.82) is 0 Å². The van der Waals surface area contributed by atoms with Crippen LogP contribution in [0.1, 0.15) is 43.5 Å². The molecule has 1 aromatic carbocycles. The Morgan fingerprint density at radius 3 is 2.95 bits per heavy atom. The largest absolute Gasteiger partial charge is 0.387 e. The highest BCUT2D eigenvalue weighted by Crippen LogP contribution is 2.36.